The molecule has 3 nitrogen and oxygen atoms in total. The van der Waals surface area contributed by atoms with Crippen LogP contribution in [0, 0.1) is 0 Å². The molecule has 0 aliphatic rings. The first-order valence-electron chi connectivity index (χ1n) is 5.32. The lowest BCUT2D eigenvalue weighted by Crippen LogP contribution is -2.09. The van der Waals surface area contributed by atoms with Crippen LogP contribution in [-0.2, 0) is 0 Å². The van der Waals surface area contributed by atoms with Gasteiger partial charge in [-0.25, -0.2) is 4.79 Å². The van der Waals surface area contributed by atoms with Crippen molar-refractivity contribution in [3.63, 3.8) is 0 Å². The summed E-state index contributed by atoms with van der Waals surface area (Å²) in [6.45, 7) is 0. The second kappa shape index (κ2) is 5.43. The molecule has 0 heterocycles. The summed E-state index contributed by atoms with van der Waals surface area (Å²) in [5, 5.41) is 9.71. The monoisotopic (exact) mass is 294 g/mol. The molecular weight excluding hydrogens is 287 g/mol. The van der Waals surface area contributed by atoms with E-state index in [9.17, 15) is 9.59 Å². The lowest BCUT2D eigenvalue weighted by Gasteiger charge is -2.06. The van der Waals surface area contributed by atoms with Gasteiger partial charge in [0, 0.05) is 21.2 Å². The van der Waals surface area contributed by atoms with Crippen LogP contribution >= 0.6 is 23.2 Å². The van der Waals surface area contributed by atoms with E-state index in [4.69, 9.17) is 28.3 Å². The van der Waals surface area contributed by atoms with Crippen LogP contribution in [0.2, 0.25) is 10.0 Å². The van der Waals surface area contributed by atoms with Gasteiger partial charge in [-0.2, -0.15) is 0 Å². The van der Waals surface area contributed by atoms with Gasteiger partial charge in [-0.15, -0.1) is 0 Å². The third kappa shape index (κ3) is 2.95. The Balaban J connectivity index is 2.53. The molecule has 0 saturated carbocycles. The number of carbonyl (C=O) groups excluding carboxylic acids is 1. The molecule has 96 valence electrons. The van der Waals surface area contributed by atoms with Gasteiger partial charge in [0.2, 0.25) is 0 Å². The standard InChI is InChI=1S/C14H8Cl2O3/c15-9-5-8(6-10(16)7-9)13(17)11-3-1-2-4-12(11)14(18)19/h1-7H,(H,18,19). The Morgan fingerprint density at radius 1 is 0.895 bits per heavy atom. The predicted molar refractivity (Wildman–Crippen MR) is 73.3 cm³/mol. The number of halogens is 2. The third-order valence-electron chi connectivity index (χ3n) is 2.53. The first kappa shape index (κ1) is 13.6. The lowest BCUT2D eigenvalue weighted by atomic mass is 9.98. The summed E-state index contributed by atoms with van der Waals surface area (Å²) in [7, 11) is 0. The highest BCUT2D eigenvalue weighted by atomic mass is 35.5. The summed E-state index contributed by atoms with van der Waals surface area (Å²) in [6.07, 6.45) is 0. The number of hydrogen-bond donors (Lipinski definition) is 1. The fourth-order valence-corrected chi connectivity index (χ4v) is 2.23. The molecule has 0 aliphatic carbocycles. The highest BCUT2D eigenvalue weighted by Crippen LogP contribution is 2.22. The minimum atomic E-state index is -1.16. The number of carboxylic acids is 1. The van der Waals surface area contributed by atoms with Crippen molar-refractivity contribution in [1.29, 1.82) is 0 Å². The van der Waals surface area contributed by atoms with Gasteiger partial charge >= 0.3 is 5.97 Å². The van der Waals surface area contributed by atoms with E-state index in [1.165, 1.54) is 30.3 Å². The van der Waals surface area contributed by atoms with Gasteiger partial charge in [0.25, 0.3) is 0 Å². The molecule has 0 spiro atoms. The van der Waals surface area contributed by atoms with Gasteiger partial charge in [-0.05, 0) is 24.3 Å². The van der Waals surface area contributed by atoms with E-state index >= 15 is 0 Å². The van der Waals surface area contributed by atoms with Crippen molar-refractivity contribution in [3.05, 3.63) is 69.2 Å². The van der Waals surface area contributed by atoms with Crippen molar-refractivity contribution in [1.82, 2.24) is 0 Å². The zero-order valence-electron chi connectivity index (χ0n) is 9.56. The van der Waals surface area contributed by atoms with E-state index in [0.717, 1.165) is 0 Å². The van der Waals surface area contributed by atoms with E-state index in [1.54, 1.807) is 12.1 Å². The molecule has 0 radical (unpaired) electrons. The highest BCUT2D eigenvalue weighted by Gasteiger charge is 2.17. The Morgan fingerprint density at radius 2 is 1.42 bits per heavy atom. The van der Waals surface area contributed by atoms with Gasteiger partial charge in [0.05, 0.1) is 5.56 Å². The fraction of sp³-hybridized carbons (Fsp3) is 0. The van der Waals surface area contributed by atoms with Crippen LogP contribution in [0.3, 0.4) is 0 Å². The second-order valence-electron chi connectivity index (χ2n) is 3.84. The Morgan fingerprint density at radius 3 is 1.95 bits per heavy atom. The summed E-state index contributed by atoms with van der Waals surface area (Å²) in [5.41, 5.74) is 0.308. The number of carbonyl (C=O) groups is 2. The Bertz CT molecular complexity index is 645. The molecule has 0 fully saturated rings. The molecule has 5 heteroatoms. The highest BCUT2D eigenvalue weighted by molar-refractivity contribution is 6.35. The summed E-state index contributed by atoms with van der Waals surface area (Å²) in [5.74, 6) is -1.58. The van der Waals surface area contributed by atoms with Gasteiger partial charge < -0.3 is 5.11 Å². The maximum absolute atomic E-state index is 12.3. The SMILES string of the molecule is O=C(O)c1ccccc1C(=O)c1cc(Cl)cc(Cl)c1. The van der Waals surface area contributed by atoms with Crippen molar-refractivity contribution in [2.24, 2.45) is 0 Å². The van der Waals surface area contributed by atoms with Gasteiger partial charge in [-0.3, -0.25) is 4.79 Å². The van der Waals surface area contributed by atoms with E-state index in [0.29, 0.717) is 10.0 Å². The normalized spacial score (nSPS) is 10.2. The van der Waals surface area contributed by atoms with Crippen molar-refractivity contribution in [2.75, 3.05) is 0 Å². The van der Waals surface area contributed by atoms with Crippen molar-refractivity contribution < 1.29 is 14.7 Å². The van der Waals surface area contributed by atoms with Crippen molar-refractivity contribution >= 4 is 35.0 Å². The van der Waals surface area contributed by atoms with Gasteiger partial charge in [-0.1, -0.05) is 41.4 Å². The van der Waals surface area contributed by atoms with Crippen LogP contribution in [0.4, 0.5) is 0 Å². The molecule has 0 amide bonds. The third-order valence-corrected chi connectivity index (χ3v) is 2.96. The first-order chi connectivity index (χ1) is 8.99. The summed E-state index contributed by atoms with van der Waals surface area (Å²) in [4.78, 5) is 23.4. The zero-order chi connectivity index (χ0) is 14.0. The number of ketones is 1. The molecule has 2 aromatic rings. The molecule has 0 unspecified atom stereocenters. The summed E-state index contributed by atoms with van der Waals surface area (Å²) >= 11 is 11.7. The Hall–Kier alpha value is -1.84. The predicted octanol–water partition coefficient (Wildman–Crippen LogP) is 3.92. The van der Waals surface area contributed by atoms with Gasteiger partial charge in [0.1, 0.15) is 0 Å². The van der Waals surface area contributed by atoms with Crippen LogP contribution in [0.25, 0.3) is 0 Å². The molecule has 1 N–H and O–H groups in total. The molecular formula is C14H8Cl2O3. The number of hydrogen-bond acceptors (Lipinski definition) is 2. The molecule has 19 heavy (non-hydrogen) atoms. The summed E-state index contributed by atoms with van der Waals surface area (Å²) < 4.78 is 0. The van der Waals surface area contributed by atoms with Gasteiger partial charge in [0.15, 0.2) is 5.78 Å². The molecule has 0 aromatic heterocycles. The average molecular weight is 295 g/mol. The van der Waals surface area contributed by atoms with E-state index in [2.05, 4.69) is 0 Å². The topological polar surface area (TPSA) is 54.4 Å². The van der Waals surface area contributed by atoms with E-state index in [1.807, 2.05) is 0 Å². The molecule has 2 rings (SSSR count). The smallest absolute Gasteiger partial charge is 0.336 e. The number of benzene rings is 2. The largest absolute Gasteiger partial charge is 0.478 e. The minimum absolute atomic E-state index is 0.0522. The molecule has 2 aromatic carbocycles. The quantitative estimate of drug-likeness (QED) is 0.873. The first-order valence-corrected chi connectivity index (χ1v) is 6.08. The lowest BCUT2D eigenvalue weighted by molar-refractivity contribution is 0.0693. The maximum Gasteiger partial charge on any atom is 0.336 e. The molecule has 0 aliphatic heterocycles. The Kier molecular flexibility index (Phi) is 3.88. The Labute approximate surface area is 119 Å². The molecule has 0 bridgehead atoms. The number of carboxylic acid groups (broad SMARTS) is 1. The summed E-state index contributed by atoms with van der Waals surface area (Å²) in [6, 6.07) is 10.4. The minimum Gasteiger partial charge on any atom is -0.478 e. The molecule has 0 atom stereocenters. The van der Waals surface area contributed by atoms with Crippen molar-refractivity contribution in [2.45, 2.75) is 0 Å². The molecule has 0 saturated heterocycles. The van der Waals surface area contributed by atoms with Crippen LogP contribution in [0.5, 0.6) is 0 Å². The maximum atomic E-state index is 12.3. The van der Waals surface area contributed by atoms with Crippen LogP contribution in [0.1, 0.15) is 26.3 Å². The zero-order valence-corrected chi connectivity index (χ0v) is 11.1. The fourth-order valence-electron chi connectivity index (χ4n) is 1.71. The van der Waals surface area contributed by atoms with Crippen LogP contribution in [0.15, 0.2) is 42.5 Å². The second-order valence-corrected chi connectivity index (χ2v) is 4.71. The average Bonchev–Trinajstić information content (AvgIpc) is 2.36. The van der Waals surface area contributed by atoms with E-state index < -0.39 is 11.8 Å². The van der Waals surface area contributed by atoms with Crippen LogP contribution < -0.4 is 0 Å². The van der Waals surface area contributed by atoms with Crippen molar-refractivity contribution in [3.8, 4) is 0 Å². The van der Waals surface area contributed by atoms with E-state index in [-0.39, 0.29) is 16.7 Å². The van der Waals surface area contributed by atoms with Crippen LogP contribution in [-0.4, -0.2) is 16.9 Å². The number of aromatic carboxylic acids is 1. The number of rotatable bonds is 3.